The predicted octanol–water partition coefficient (Wildman–Crippen LogP) is 1.38. The molecule has 2 fully saturated rings. The van der Waals surface area contributed by atoms with E-state index in [9.17, 15) is 4.79 Å². The summed E-state index contributed by atoms with van der Waals surface area (Å²) in [7, 11) is 0. The van der Waals surface area contributed by atoms with E-state index in [4.69, 9.17) is 18.0 Å². The molecule has 0 radical (unpaired) electrons. The molecule has 3 unspecified atom stereocenters. The van der Waals surface area contributed by atoms with Gasteiger partial charge >= 0.3 is 0 Å². The first-order valence-corrected chi connectivity index (χ1v) is 7.66. The lowest BCUT2D eigenvalue weighted by Crippen LogP contribution is -2.60. The van der Waals surface area contributed by atoms with Gasteiger partial charge in [-0.2, -0.15) is 0 Å². The number of amides is 1. The van der Waals surface area contributed by atoms with Crippen LogP contribution in [0.1, 0.15) is 40.0 Å². The van der Waals surface area contributed by atoms with E-state index in [1.165, 1.54) is 19.4 Å². The molecule has 108 valence electrons. The van der Waals surface area contributed by atoms with Gasteiger partial charge in [0.2, 0.25) is 5.91 Å². The Morgan fingerprint density at radius 1 is 1.47 bits per heavy atom. The number of nitrogens with two attached hydrogens (primary N) is 1. The Balaban J connectivity index is 2.16. The number of thiocarbonyl (C=S) groups is 1. The maximum atomic E-state index is 12.8. The highest BCUT2D eigenvalue weighted by Crippen LogP contribution is 2.30. The van der Waals surface area contributed by atoms with E-state index >= 15 is 0 Å². The molecule has 4 nitrogen and oxygen atoms in total. The predicted molar refractivity (Wildman–Crippen MR) is 81.0 cm³/mol. The topological polar surface area (TPSA) is 49.6 Å². The summed E-state index contributed by atoms with van der Waals surface area (Å²) < 4.78 is 0. The SMILES string of the molecule is CCC(C)(C(=O)N1CC2CCCN2CC1C)C(N)=S. The van der Waals surface area contributed by atoms with Crippen molar-refractivity contribution in [2.75, 3.05) is 19.6 Å². The molecule has 0 aromatic carbocycles. The number of rotatable bonds is 3. The molecular weight excluding hydrogens is 258 g/mol. The van der Waals surface area contributed by atoms with Gasteiger partial charge in [0, 0.05) is 25.2 Å². The molecule has 2 saturated heterocycles. The van der Waals surface area contributed by atoms with Crippen LogP contribution in [-0.4, -0.2) is 52.4 Å². The summed E-state index contributed by atoms with van der Waals surface area (Å²) in [6.45, 7) is 8.98. The molecule has 0 aromatic rings. The Bertz CT molecular complexity index is 387. The van der Waals surface area contributed by atoms with Crippen molar-refractivity contribution in [3.8, 4) is 0 Å². The number of hydrogen-bond acceptors (Lipinski definition) is 3. The lowest BCUT2D eigenvalue weighted by molar-refractivity contribution is -0.143. The minimum Gasteiger partial charge on any atom is -0.392 e. The molecule has 0 bridgehead atoms. The average molecular weight is 283 g/mol. The van der Waals surface area contributed by atoms with Gasteiger partial charge in [0.25, 0.3) is 0 Å². The van der Waals surface area contributed by atoms with Crippen molar-refractivity contribution in [2.24, 2.45) is 11.1 Å². The third-order valence-corrected chi connectivity index (χ3v) is 5.37. The monoisotopic (exact) mass is 283 g/mol. The van der Waals surface area contributed by atoms with E-state index in [0.29, 0.717) is 17.5 Å². The Kier molecular flexibility index (Phi) is 4.16. The van der Waals surface area contributed by atoms with Crippen LogP contribution in [0.4, 0.5) is 0 Å². The zero-order chi connectivity index (χ0) is 14.2. The Morgan fingerprint density at radius 2 is 2.16 bits per heavy atom. The third-order valence-electron chi connectivity index (χ3n) is 4.92. The van der Waals surface area contributed by atoms with Gasteiger partial charge in [0.1, 0.15) is 0 Å². The largest absolute Gasteiger partial charge is 0.392 e. The first kappa shape index (κ1) is 14.7. The second kappa shape index (κ2) is 5.37. The van der Waals surface area contributed by atoms with Crippen molar-refractivity contribution in [3.63, 3.8) is 0 Å². The van der Waals surface area contributed by atoms with Crippen LogP contribution in [0.2, 0.25) is 0 Å². The number of fused-ring (bicyclic) bond motifs is 1. The average Bonchev–Trinajstić information content (AvgIpc) is 2.82. The lowest BCUT2D eigenvalue weighted by atomic mass is 9.84. The second-order valence-corrected chi connectivity index (χ2v) is 6.59. The van der Waals surface area contributed by atoms with Crippen LogP contribution in [0.15, 0.2) is 0 Å². The minimum atomic E-state index is -0.690. The molecule has 0 saturated carbocycles. The van der Waals surface area contributed by atoms with Crippen molar-refractivity contribution in [2.45, 2.75) is 52.1 Å². The number of carbonyl (C=O) groups is 1. The van der Waals surface area contributed by atoms with Gasteiger partial charge in [-0.25, -0.2) is 0 Å². The molecule has 0 aliphatic carbocycles. The van der Waals surface area contributed by atoms with Crippen molar-refractivity contribution in [1.29, 1.82) is 0 Å². The van der Waals surface area contributed by atoms with Gasteiger partial charge in [0.15, 0.2) is 0 Å². The number of hydrogen-bond donors (Lipinski definition) is 1. The molecule has 1 amide bonds. The van der Waals surface area contributed by atoms with Crippen molar-refractivity contribution < 1.29 is 4.79 Å². The van der Waals surface area contributed by atoms with Gasteiger partial charge < -0.3 is 10.6 Å². The fourth-order valence-electron chi connectivity index (χ4n) is 3.22. The molecule has 2 aliphatic heterocycles. The molecule has 2 N–H and O–H groups in total. The van der Waals surface area contributed by atoms with Crippen LogP contribution >= 0.6 is 12.2 Å². The second-order valence-electron chi connectivity index (χ2n) is 6.15. The molecule has 2 heterocycles. The normalized spacial score (nSPS) is 30.8. The van der Waals surface area contributed by atoms with Crippen molar-refractivity contribution >= 4 is 23.1 Å². The maximum absolute atomic E-state index is 12.8. The van der Waals surface area contributed by atoms with E-state index in [2.05, 4.69) is 11.8 Å². The highest BCUT2D eigenvalue weighted by atomic mass is 32.1. The number of nitrogens with zero attached hydrogens (tertiary/aromatic N) is 2. The zero-order valence-electron chi connectivity index (χ0n) is 12.2. The van der Waals surface area contributed by atoms with E-state index in [0.717, 1.165) is 13.1 Å². The third kappa shape index (κ3) is 2.50. The fourth-order valence-corrected chi connectivity index (χ4v) is 3.45. The molecule has 2 rings (SSSR count). The van der Waals surface area contributed by atoms with E-state index in [1.54, 1.807) is 0 Å². The van der Waals surface area contributed by atoms with Crippen LogP contribution in [0.5, 0.6) is 0 Å². The maximum Gasteiger partial charge on any atom is 0.235 e. The Morgan fingerprint density at radius 3 is 2.74 bits per heavy atom. The van der Waals surface area contributed by atoms with E-state index in [1.807, 2.05) is 18.7 Å². The first-order valence-electron chi connectivity index (χ1n) is 7.25. The number of carbonyl (C=O) groups excluding carboxylic acids is 1. The summed E-state index contributed by atoms with van der Waals surface area (Å²) in [6.07, 6.45) is 3.12. The van der Waals surface area contributed by atoms with Crippen molar-refractivity contribution in [1.82, 2.24) is 9.80 Å². The highest BCUT2D eigenvalue weighted by molar-refractivity contribution is 7.80. The summed E-state index contributed by atoms with van der Waals surface area (Å²) in [4.78, 5) is 17.7. The minimum absolute atomic E-state index is 0.113. The van der Waals surface area contributed by atoms with Crippen molar-refractivity contribution in [3.05, 3.63) is 0 Å². The van der Waals surface area contributed by atoms with Crippen LogP contribution in [-0.2, 0) is 4.79 Å². The Hall–Kier alpha value is -0.680. The molecule has 3 atom stereocenters. The Labute approximate surface area is 121 Å². The van der Waals surface area contributed by atoms with Gasteiger partial charge in [0.05, 0.1) is 10.4 Å². The van der Waals surface area contributed by atoms with E-state index < -0.39 is 5.41 Å². The summed E-state index contributed by atoms with van der Waals surface area (Å²) in [5.41, 5.74) is 5.12. The first-order chi connectivity index (χ1) is 8.90. The quantitative estimate of drug-likeness (QED) is 0.795. The lowest BCUT2D eigenvalue weighted by Gasteiger charge is -2.45. The fraction of sp³-hybridized carbons (Fsp3) is 0.857. The molecule has 0 aromatic heterocycles. The van der Waals surface area contributed by atoms with E-state index in [-0.39, 0.29) is 11.9 Å². The summed E-state index contributed by atoms with van der Waals surface area (Å²) >= 11 is 5.13. The summed E-state index contributed by atoms with van der Waals surface area (Å²) in [5.74, 6) is 0.113. The van der Waals surface area contributed by atoms with Gasteiger partial charge in [-0.05, 0) is 39.7 Å². The van der Waals surface area contributed by atoms with Gasteiger partial charge in [-0.1, -0.05) is 19.1 Å². The van der Waals surface area contributed by atoms with Crippen LogP contribution < -0.4 is 5.73 Å². The smallest absolute Gasteiger partial charge is 0.235 e. The van der Waals surface area contributed by atoms with Crippen LogP contribution in [0.25, 0.3) is 0 Å². The van der Waals surface area contributed by atoms with Crippen LogP contribution in [0, 0.1) is 5.41 Å². The molecular formula is C14H25N3OS. The summed E-state index contributed by atoms with van der Waals surface area (Å²) in [5, 5.41) is 0. The zero-order valence-corrected chi connectivity index (χ0v) is 13.0. The van der Waals surface area contributed by atoms with Gasteiger partial charge in [-0.3, -0.25) is 9.69 Å². The molecule has 19 heavy (non-hydrogen) atoms. The molecule has 2 aliphatic rings. The molecule has 0 spiro atoms. The molecule has 5 heteroatoms. The van der Waals surface area contributed by atoms with Gasteiger partial charge in [-0.15, -0.1) is 0 Å². The number of piperazine rings is 1. The van der Waals surface area contributed by atoms with Crippen LogP contribution in [0.3, 0.4) is 0 Å². The highest BCUT2D eigenvalue weighted by Gasteiger charge is 2.43. The standard InChI is InChI=1S/C14H25N3OS/c1-4-14(3,12(15)19)13(18)17-9-11-6-5-7-16(11)8-10(17)2/h10-11H,4-9H2,1-3H3,(H2,15,19). The summed E-state index contributed by atoms with van der Waals surface area (Å²) in [6, 6.07) is 0.787.